The quantitative estimate of drug-likeness (QED) is 0.757. The molecule has 0 unspecified atom stereocenters. The lowest BCUT2D eigenvalue weighted by Gasteiger charge is -2.03. The number of aromatic amines is 1. The lowest BCUT2D eigenvalue weighted by atomic mass is 10.1. The zero-order chi connectivity index (χ0) is 11.7. The summed E-state index contributed by atoms with van der Waals surface area (Å²) in [4.78, 5) is 7.90. The van der Waals surface area contributed by atoms with Crippen LogP contribution in [0.5, 0.6) is 0 Å². The van der Waals surface area contributed by atoms with Gasteiger partial charge in [-0.15, -0.1) is 0 Å². The molecule has 0 aliphatic heterocycles. The zero-order valence-corrected chi connectivity index (χ0v) is 9.96. The largest absolute Gasteiger partial charge is 0.399 e. The second kappa shape index (κ2) is 4.00. The van der Waals surface area contributed by atoms with Gasteiger partial charge in [-0.25, -0.2) is 4.98 Å². The molecule has 0 bridgehead atoms. The number of hydrogen-bond acceptors (Lipinski definition) is 2. The molecule has 0 fully saturated rings. The fraction of sp³-hybridized carbons (Fsp3) is 0.308. The topological polar surface area (TPSA) is 54.7 Å². The third-order valence-electron chi connectivity index (χ3n) is 2.84. The van der Waals surface area contributed by atoms with Crippen molar-refractivity contribution in [1.82, 2.24) is 9.97 Å². The average Bonchev–Trinajstić information content (AvgIpc) is 2.63. The molecule has 16 heavy (non-hydrogen) atoms. The summed E-state index contributed by atoms with van der Waals surface area (Å²) in [5, 5.41) is 0. The van der Waals surface area contributed by atoms with Crippen LogP contribution in [0, 0.1) is 13.8 Å². The van der Waals surface area contributed by atoms with Crippen LogP contribution < -0.4 is 5.73 Å². The van der Waals surface area contributed by atoms with Gasteiger partial charge in [-0.1, -0.05) is 13.0 Å². The third kappa shape index (κ3) is 1.81. The van der Waals surface area contributed by atoms with Crippen molar-refractivity contribution in [2.75, 3.05) is 5.73 Å². The van der Waals surface area contributed by atoms with E-state index in [1.165, 1.54) is 5.56 Å². The van der Waals surface area contributed by atoms with Gasteiger partial charge in [0.15, 0.2) is 0 Å². The van der Waals surface area contributed by atoms with Gasteiger partial charge < -0.3 is 10.7 Å². The van der Waals surface area contributed by atoms with E-state index in [9.17, 15) is 0 Å². The van der Waals surface area contributed by atoms with Gasteiger partial charge in [-0.05, 0) is 38.0 Å². The summed E-state index contributed by atoms with van der Waals surface area (Å²) in [6, 6.07) is 5.90. The fourth-order valence-electron chi connectivity index (χ4n) is 1.86. The van der Waals surface area contributed by atoms with Crippen LogP contribution in [0.3, 0.4) is 0 Å². The molecule has 1 aromatic carbocycles. The van der Waals surface area contributed by atoms with Gasteiger partial charge >= 0.3 is 0 Å². The van der Waals surface area contributed by atoms with Gasteiger partial charge in [0, 0.05) is 16.9 Å². The summed E-state index contributed by atoms with van der Waals surface area (Å²) in [5.74, 6) is 0.916. The molecule has 3 N–H and O–H groups in total. The van der Waals surface area contributed by atoms with Crippen molar-refractivity contribution in [2.45, 2.75) is 27.2 Å². The molecule has 2 rings (SSSR count). The highest BCUT2D eigenvalue weighted by atomic mass is 14.9. The molecule has 2 aromatic rings. The van der Waals surface area contributed by atoms with Gasteiger partial charge in [0.2, 0.25) is 0 Å². The van der Waals surface area contributed by atoms with Crippen molar-refractivity contribution in [3.05, 3.63) is 35.2 Å². The van der Waals surface area contributed by atoms with E-state index in [-0.39, 0.29) is 0 Å². The zero-order valence-electron chi connectivity index (χ0n) is 9.96. The van der Waals surface area contributed by atoms with Gasteiger partial charge in [0.25, 0.3) is 0 Å². The second-order valence-electron chi connectivity index (χ2n) is 4.09. The maximum absolute atomic E-state index is 5.80. The molecule has 0 saturated carbocycles. The Morgan fingerprint density at radius 1 is 1.31 bits per heavy atom. The van der Waals surface area contributed by atoms with E-state index in [2.05, 4.69) is 30.7 Å². The first-order valence-corrected chi connectivity index (χ1v) is 5.53. The maximum Gasteiger partial charge on any atom is 0.138 e. The van der Waals surface area contributed by atoms with E-state index < -0.39 is 0 Å². The van der Waals surface area contributed by atoms with Crippen molar-refractivity contribution in [1.29, 1.82) is 0 Å². The Labute approximate surface area is 95.7 Å². The number of nitrogens with zero attached hydrogens (tertiary/aromatic N) is 1. The summed E-state index contributed by atoms with van der Waals surface area (Å²) < 4.78 is 0. The number of nitrogens with one attached hydrogen (secondary N) is 1. The number of aryl methyl sites for hydroxylation is 3. The predicted molar refractivity (Wildman–Crippen MR) is 67.3 cm³/mol. The summed E-state index contributed by atoms with van der Waals surface area (Å²) in [6.07, 6.45) is 0.948. The second-order valence-corrected chi connectivity index (χ2v) is 4.09. The molecular formula is C13H17N3. The van der Waals surface area contributed by atoms with Crippen LogP contribution in [-0.4, -0.2) is 9.97 Å². The van der Waals surface area contributed by atoms with E-state index >= 15 is 0 Å². The number of nitrogens with two attached hydrogens (primary N) is 1. The fourth-order valence-corrected chi connectivity index (χ4v) is 1.86. The van der Waals surface area contributed by atoms with Crippen LogP contribution in [0.2, 0.25) is 0 Å². The Morgan fingerprint density at radius 2 is 2.06 bits per heavy atom. The van der Waals surface area contributed by atoms with Gasteiger partial charge in [-0.3, -0.25) is 0 Å². The molecule has 0 saturated heterocycles. The molecule has 3 heteroatoms. The van der Waals surface area contributed by atoms with E-state index in [0.717, 1.165) is 34.9 Å². The van der Waals surface area contributed by atoms with Gasteiger partial charge in [-0.2, -0.15) is 0 Å². The van der Waals surface area contributed by atoms with Crippen molar-refractivity contribution in [2.24, 2.45) is 0 Å². The minimum Gasteiger partial charge on any atom is -0.399 e. The minimum absolute atomic E-state index is 0.771. The number of aromatic nitrogens is 2. The first kappa shape index (κ1) is 10.7. The lowest BCUT2D eigenvalue weighted by Crippen LogP contribution is -1.90. The first-order chi connectivity index (χ1) is 7.61. The molecule has 0 radical (unpaired) electrons. The monoisotopic (exact) mass is 215 g/mol. The van der Waals surface area contributed by atoms with Crippen LogP contribution in [0.15, 0.2) is 18.2 Å². The van der Waals surface area contributed by atoms with Crippen LogP contribution >= 0.6 is 0 Å². The predicted octanol–water partition coefficient (Wildman–Crippen LogP) is 2.84. The molecule has 0 atom stereocenters. The minimum atomic E-state index is 0.771. The molecule has 0 amide bonds. The molecule has 0 aliphatic carbocycles. The Balaban J connectivity index is 2.53. The highest BCUT2D eigenvalue weighted by Crippen LogP contribution is 2.24. The van der Waals surface area contributed by atoms with Gasteiger partial charge in [0.05, 0.1) is 5.69 Å². The van der Waals surface area contributed by atoms with Crippen molar-refractivity contribution < 1.29 is 0 Å². The Bertz CT molecular complexity index is 512. The number of hydrogen-bond donors (Lipinski definition) is 2. The molecule has 84 valence electrons. The van der Waals surface area contributed by atoms with Gasteiger partial charge in [0.1, 0.15) is 5.82 Å². The van der Waals surface area contributed by atoms with Crippen molar-refractivity contribution in [3.8, 4) is 11.4 Å². The molecule has 0 aliphatic rings. The Kier molecular flexibility index (Phi) is 2.69. The van der Waals surface area contributed by atoms with E-state index in [1.807, 2.05) is 18.2 Å². The van der Waals surface area contributed by atoms with Crippen molar-refractivity contribution in [3.63, 3.8) is 0 Å². The van der Waals surface area contributed by atoms with Crippen LogP contribution in [0.25, 0.3) is 11.4 Å². The van der Waals surface area contributed by atoms with Crippen LogP contribution in [-0.2, 0) is 6.42 Å². The average molecular weight is 215 g/mol. The van der Waals surface area contributed by atoms with Crippen LogP contribution in [0.4, 0.5) is 5.69 Å². The van der Waals surface area contributed by atoms with E-state index in [1.54, 1.807) is 0 Å². The number of anilines is 1. The van der Waals surface area contributed by atoms with Crippen molar-refractivity contribution >= 4 is 5.69 Å². The third-order valence-corrected chi connectivity index (χ3v) is 2.84. The Hall–Kier alpha value is -1.77. The van der Waals surface area contributed by atoms with E-state index in [0.29, 0.717) is 0 Å². The summed E-state index contributed by atoms with van der Waals surface area (Å²) >= 11 is 0. The summed E-state index contributed by atoms with van der Waals surface area (Å²) in [5.41, 5.74) is 11.1. The Morgan fingerprint density at radius 3 is 2.69 bits per heavy atom. The number of rotatable bonds is 2. The number of H-pyrrole nitrogens is 1. The molecular weight excluding hydrogens is 198 g/mol. The van der Waals surface area contributed by atoms with E-state index in [4.69, 9.17) is 5.73 Å². The summed E-state index contributed by atoms with van der Waals surface area (Å²) in [6.45, 7) is 6.23. The number of imidazole rings is 1. The molecule has 3 nitrogen and oxygen atoms in total. The summed E-state index contributed by atoms with van der Waals surface area (Å²) in [7, 11) is 0. The number of nitrogen functional groups attached to an aromatic ring is 1. The standard InChI is InChI=1S/C13H17N3/c1-4-12-9(3)15-13(16-12)11-7-10(14)6-5-8(11)2/h5-7H,4,14H2,1-3H3,(H,15,16). The number of benzene rings is 1. The smallest absolute Gasteiger partial charge is 0.138 e. The lowest BCUT2D eigenvalue weighted by molar-refractivity contribution is 1.04. The molecule has 0 spiro atoms. The highest BCUT2D eigenvalue weighted by molar-refractivity contribution is 5.65. The highest BCUT2D eigenvalue weighted by Gasteiger charge is 2.09. The maximum atomic E-state index is 5.80. The normalized spacial score (nSPS) is 10.7. The molecule has 1 heterocycles. The molecule has 1 aromatic heterocycles. The SMILES string of the molecule is CCc1nc(-c2cc(N)ccc2C)[nH]c1C. The van der Waals surface area contributed by atoms with Crippen LogP contribution in [0.1, 0.15) is 23.9 Å². The first-order valence-electron chi connectivity index (χ1n) is 5.53.